The van der Waals surface area contributed by atoms with E-state index in [0.717, 1.165) is 12.3 Å². The lowest BCUT2D eigenvalue weighted by molar-refractivity contribution is -0.0730. The Morgan fingerprint density at radius 2 is 1.90 bits per heavy atom. The van der Waals surface area contributed by atoms with Gasteiger partial charge in [-0.1, -0.05) is 19.1 Å². The van der Waals surface area contributed by atoms with Crippen molar-refractivity contribution in [3.8, 4) is 0 Å². The summed E-state index contributed by atoms with van der Waals surface area (Å²) in [6.45, 7) is 2.35. The van der Waals surface area contributed by atoms with Crippen LogP contribution in [0.2, 0.25) is 0 Å². The molecule has 1 fully saturated rings. The van der Waals surface area contributed by atoms with E-state index in [4.69, 9.17) is 4.74 Å². The highest BCUT2D eigenvalue weighted by Crippen LogP contribution is 2.37. The molecule has 1 aromatic rings. The van der Waals surface area contributed by atoms with Crippen molar-refractivity contribution in [1.29, 1.82) is 0 Å². The first-order chi connectivity index (χ1) is 9.59. The van der Waals surface area contributed by atoms with Crippen LogP contribution in [0.15, 0.2) is 24.3 Å². The number of likely N-dealkylation sites (N-methyl/N-ethyl adjacent to an activating group) is 1. The maximum atomic E-state index is 6.01. The predicted molar refractivity (Wildman–Crippen MR) is 93.1 cm³/mol. The number of hydrogen-bond donors (Lipinski definition) is 1. The molecule has 0 aliphatic heterocycles. The summed E-state index contributed by atoms with van der Waals surface area (Å²) in [6, 6.07) is 9.23. The van der Waals surface area contributed by atoms with Crippen LogP contribution in [0.25, 0.3) is 0 Å². The quantitative estimate of drug-likeness (QED) is 0.771. The zero-order valence-corrected chi connectivity index (χ0v) is 14.9. The van der Waals surface area contributed by atoms with Gasteiger partial charge in [-0.25, -0.2) is 0 Å². The lowest BCUT2D eigenvalue weighted by Crippen LogP contribution is -2.54. The molecule has 20 heavy (non-hydrogen) atoms. The number of rotatable bonds is 5. The molecular formula is C17H26INO. The van der Waals surface area contributed by atoms with Crippen LogP contribution in [0, 0.1) is 9.49 Å². The lowest BCUT2D eigenvalue weighted by atomic mass is 9.74. The first-order valence-corrected chi connectivity index (χ1v) is 8.64. The van der Waals surface area contributed by atoms with E-state index in [1.54, 1.807) is 0 Å². The molecule has 0 amide bonds. The minimum absolute atomic E-state index is 0.00422. The zero-order chi connectivity index (χ0) is 14.6. The van der Waals surface area contributed by atoms with Crippen LogP contribution in [0.4, 0.5) is 0 Å². The van der Waals surface area contributed by atoms with Gasteiger partial charge in [0.25, 0.3) is 0 Å². The minimum Gasteiger partial charge on any atom is -0.377 e. The van der Waals surface area contributed by atoms with Crippen LogP contribution in [0.3, 0.4) is 0 Å². The molecule has 1 aromatic carbocycles. The smallest absolute Gasteiger partial charge is 0.0834 e. The van der Waals surface area contributed by atoms with E-state index in [-0.39, 0.29) is 5.60 Å². The Bertz CT molecular complexity index is 410. The third-order valence-corrected chi connectivity index (χ3v) is 5.58. The fourth-order valence-electron chi connectivity index (χ4n) is 3.35. The van der Waals surface area contributed by atoms with E-state index in [2.05, 4.69) is 66.1 Å². The van der Waals surface area contributed by atoms with Crippen molar-refractivity contribution in [3.63, 3.8) is 0 Å². The van der Waals surface area contributed by atoms with E-state index in [0.29, 0.717) is 6.04 Å². The standard InChI is InChI=1S/C17H26INO/c1-13-8-10-17(20-3,11-9-13)16(19-2)12-14-4-6-15(18)7-5-14/h4-7,13,16,19H,8-12H2,1-3H3. The number of benzene rings is 1. The first kappa shape index (κ1) is 16.2. The SMILES string of the molecule is CNC(Cc1ccc(I)cc1)C1(OC)CCC(C)CC1. The maximum Gasteiger partial charge on any atom is 0.0834 e. The molecule has 0 heterocycles. The highest BCUT2D eigenvalue weighted by molar-refractivity contribution is 14.1. The number of ether oxygens (including phenoxy) is 1. The average molecular weight is 387 g/mol. The molecule has 0 aromatic heterocycles. The van der Waals surface area contributed by atoms with Crippen LogP contribution >= 0.6 is 22.6 Å². The second kappa shape index (κ2) is 7.23. The van der Waals surface area contributed by atoms with Gasteiger partial charge >= 0.3 is 0 Å². The van der Waals surface area contributed by atoms with Crippen molar-refractivity contribution in [2.75, 3.05) is 14.2 Å². The molecular weight excluding hydrogens is 361 g/mol. The van der Waals surface area contributed by atoms with Gasteiger partial charge in [0, 0.05) is 16.7 Å². The summed E-state index contributed by atoms with van der Waals surface area (Å²) >= 11 is 2.35. The fraction of sp³-hybridized carbons (Fsp3) is 0.647. The first-order valence-electron chi connectivity index (χ1n) is 7.56. The third kappa shape index (κ3) is 3.74. The van der Waals surface area contributed by atoms with E-state index < -0.39 is 0 Å². The van der Waals surface area contributed by atoms with Crippen LogP contribution in [0.1, 0.15) is 38.2 Å². The molecule has 3 heteroatoms. The van der Waals surface area contributed by atoms with E-state index in [1.165, 1.54) is 34.8 Å². The van der Waals surface area contributed by atoms with Gasteiger partial charge in [-0.15, -0.1) is 0 Å². The van der Waals surface area contributed by atoms with Crippen molar-refractivity contribution in [2.45, 2.75) is 50.7 Å². The third-order valence-electron chi connectivity index (χ3n) is 4.86. The summed E-state index contributed by atoms with van der Waals surface area (Å²) < 4.78 is 7.30. The predicted octanol–water partition coefficient (Wildman–Crippen LogP) is 4.02. The summed E-state index contributed by atoms with van der Waals surface area (Å²) in [5.74, 6) is 0.842. The van der Waals surface area contributed by atoms with Crippen LogP contribution < -0.4 is 5.32 Å². The highest BCUT2D eigenvalue weighted by Gasteiger charge is 2.40. The molecule has 2 rings (SSSR count). The Balaban J connectivity index is 2.11. The minimum atomic E-state index is 0.00422. The van der Waals surface area contributed by atoms with Gasteiger partial charge in [-0.3, -0.25) is 0 Å². The number of methoxy groups -OCH3 is 1. The van der Waals surface area contributed by atoms with Gasteiger partial charge in [0.2, 0.25) is 0 Å². The van der Waals surface area contributed by atoms with Gasteiger partial charge in [0.15, 0.2) is 0 Å². The van der Waals surface area contributed by atoms with Gasteiger partial charge in [-0.2, -0.15) is 0 Å². The van der Waals surface area contributed by atoms with E-state index >= 15 is 0 Å². The van der Waals surface area contributed by atoms with Gasteiger partial charge in [0.05, 0.1) is 5.60 Å². The summed E-state index contributed by atoms with van der Waals surface area (Å²) in [4.78, 5) is 0. The monoisotopic (exact) mass is 387 g/mol. The molecule has 0 radical (unpaired) electrons. The molecule has 1 aliphatic rings. The van der Waals surface area contributed by atoms with Gasteiger partial charge in [0.1, 0.15) is 0 Å². The van der Waals surface area contributed by atoms with Crippen LogP contribution in [-0.4, -0.2) is 25.8 Å². The average Bonchev–Trinajstić information content (AvgIpc) is 2.48. The van der Waals surface area contributed by atoms with Crippen molar-refractivity contribution >= 4 is 22.6 Å². The topological polar surface area (TPSA) is 21.3 Å². The van der Waals surface area contributed by atoms with E-state index in [1.807, 2.05) is 7.11 Å². The summed E-state index contributed by atoms with van der Waals surface area (Å²) in [7, 11) is 3.95. The largest absolute Gasteiger partial charge is 0.377 e. The zero-order valence-electron chi connectivity index (χ0n) is 12.8. The summed E-state index contributed by atoms with van der Waals surface area (Å²) in [5.41, 5.74) is 1.39. The Kier molecular flexibility index (Phi) is 5.87. The lowest BCUT2D eigenvalue weighted by Gasteiger charge is -2.44. The van der Waals surface area contributed by atoms with E-state index in [9.17, 15) is 0 Å². The Labute approximate surface area is 136 Å². The molecule has 0 spiro atoms. The molecule has 1 atom stereocenters. The van der Waals surface area contributed by atoms with Crippen molar-refractivity contribution in [3.05, 3.63) is 33.4 Å². The van der Waals surface area contributed by atoms with Gasteiger partial charge in [-0.05, 0) is 85.4 Å². The number of halogens is 1. The molecule has 1 aliphatic carbocycles. The second-order valence-corrected chi connectivity index (χ2v) is 7.37. The molecule has 0 saturated heterocycles. The summed E-state index contributed by atoms with van der Waals surface area (Å²) in [6.07, 6.45) is 5.92. The highest BCUT2D eigenvalue weighted by atomic mass is 127. The van der Waals surface area contributed by atoms with Crippen LogP contribution in [0.5, 0.6) is 0 Å². The number of nitrogens with one attached hydrogen (secondary N) is 1. The number of hydrogen-bond acceptors (Lipinski definition) is 2. The molecule has 1 N–H and O–H groups in total. The van der Waals surface area contributed by atoms with Crippen molar-refractivity contribution in [2.24, 2.45) is 5.92 Å². The van der Waals surface area contributed by atoms with Gasteiger partial charge < -0.3 is 10.1 Å². The van der Waals surface area contributed by atoms with Crippen molar-refractivity contribution in [1.82, 2.24) is 5.32 Å². The Morgan fingerprint density at radius 1 is 1.30 bits per heavy atom. The summed E-state index contributed by atoms with van der Waals surface area (Å²) in [5, 5.41) is 3.51. The normalized spacial score (nSPS) is 28.3. The molecule has 2 nitrogen and oxygen atoms in total. The Morgan fingerprint density at radius 3 is 2.40 bits per heavy atom. The second-order valence-electron chi connectivity index (χ2n) is 6.12. The molecule has 112 valence electrons. The fourth-order valence-corrected chi connectivity index (χ4v) is 3.71. The molecule has 1 unspecified atom stereocenters. The molecule has 0 bridgehead atoms. The maximum absolute atomic E-state index is 6.01. The van der Waals surface area contributed by atoms with Crippen molar-refractivity contribution < 1.29 is 4.74 Å². The molecule has 1 saturated carbocycles. The van der Waals surface area contributed by atoms with Crippen LogP contribution in [-0.2, 0) is 11.2 Å². The Hall–Kier alpha value is -0.130.